The summed E-state index contributed by atoms with van der Waals surface area (Å²) in [6.45, 7) is 1.41. The van der Waals surface area contributed by atoms with Crippen molar-refractivity contribution in [1.29, 1.82) is 0 Å². The monoisotopic (exact) mass is 381 g/mol. The van der Waals surface area contributed by atoms with Gasteiger partial charge in [0.1, 0.15) is 11.6 Å². The summed E-state index contributed by atoms with van der Waals surface area (Å²) in [5, 5.41) is 3.75. The molecule has 2 rings (SSSR count). The predicted octanol–water partition coefficient (Wildman–Crippen LogP) is 2.37. The number of hydrazone groups is 1. The number of rotatable bonds is 5. The summed E-state index contributed by atoms with van der Waals surface area (Å²) in [7, 11) is -0.935. The Balaban J connectivity index is 2.24. The van der Waals surface area contributed by atoms with Crippen LogP contribution in [0.1, 0.15) is 22.8 Å². The lowest BCUT2D eigenvalue weighted by Crippen LogP contribution is -2.23. The standard InChI is InChI=1S/C17H17F2N3O3S/c1-11(15-10-13(18)7-8-16(15)19)20-21-17(23)12-5-4-6-14(9-12)26(24,25)22(2)3/h4-10H,1-3H3,(H,21,23)/b20-11-. The van der Waals surface area contributed by atoms with Gasteiger partial charge in [-0.3, -0.25) is 4.79 Å². The van der Waals surface area contributed by atoms with E-state index in [-0.39, 0.29) is 21.7 Å². The molecule has 0 atom stereocenters. The second kappa shape index (κ2) is 7.71. The SMILES string of the molecule is C/C(=N/NC(=O)c1cccc(S(=O)(=O)N(C)C)c1)c1cc(F)ccc1F. The maximum Gasteiger partial charge on any atom is 0.271 e. The molecule has 0 unspecified atom stereocenters. The van der Waals surface area contributed by atoms with E-state index in [1.807, 2.05) is 0 Å². The number of nitrogens with one attached hydrogen (secondary N) is 1. The number of halogens is 2. The van der Waals surface area contributed by atoms with Crippen LogP contribution in [-0.4, -0.2) is 38.4 Å². The molecule has 0 aromatic heterocycles. The van der Waals surface area contributed by atoms with Crippen molar-refractivity contribution in [1.82, 2.24) is 9.73 Å². The van der Waals surface area contributed by atoms with Crippen LogP contribution in [0.5, 0.6) is 0 Å². The van der Waals surface area contributed by atoms with Gasteiger partial charge in [-0.2, -0.15) is 5.10 Å². The van der Waals surface area contributed by atoms with Gasteiger partial charge in [0.05, 0.1) is 10.6 Å². The highest BCUT2D eigenvalue weighted by Gasteiger charge is 2.18. The summed E-state index contributed by atoms with van der Waals surface area (Å²) in [4.78, 5) is 12.1. The summed E-state index contributed by atoms with van der Waals surface area (Å²) in [6, 6.07) is 8.31. The van der Waals surface area contributed by atoms with Gasteiger partial charge in [0.15, 0.2) is 0 Å². The fourth-order valence-corrected chi connectivity index (χ4v) is 2.99. The molecule has 0 fully saturated rings. The van der Waals surface area contributed by atoms with Gasteiger partial charge in [0.2, 0.25) is 10.0 Å². The Morgan fingerprint density at radius 3 is 2.46 bits per heavy atom. The molecular formula is C17H17F2N3O3S. The third kappa shape index (κ3) is 4.30. The van der Waals surface area contributed by atoms with E-state index in [1.165, 1.54) is 45.3 Å². The molecule has 6 nitrogen and oxygen atoms in total. The van der Waals surface area contributed by atoms with Crippen LogP contribution in [0.3, 0.4) is 0 Å². The molecule has 0 aliphatic rings. The summed E-state index contributed by atoms with van der Waals surface area (Å²) >= 11 is 0. The molecule has 2 aromatic rings. The number of sulfonamides is 1. The van der Waals surface area contributed by atoms with Gasteiger partial charge in [0.25, 0.3) is 5.91 Å². The first-order chi connectivity index (χ1) is 12.1. The minimum Gasteiger partial charge on any atom is -0.267 e. The van der Waals surface area contributed by atoms with E-state index < -0.39 is 27.6 Å². The molecule has 1 N–H and O–H groups in total. The minimum atomic E-state index is -3.69. The van der Waals surface area contributed by atoms with Crippen molar-refractivity contribution in [2.45, 2.75) is 11.8 Å². The molecule has 138 valence electrons. The van der Waals surface area contributed by atoms with E-state index in [1.54, 1.807) is 0 Å². The molecule has 0 bridgehead atoms. The van der Waals surface area contributed by atoms with E-state index in [2.05, 4.69) is 10.5 Å². The van der Waals surface area contributed by atoms with Crippen LogP contribution in [0, 0.1) is 11.6 Å². The number of hydrogen-bond donors (Lipinski definition) is 1. The van der Waals surface area contributed by atoms with E-state index in [0.717, 1.165) is 22.5 Å². The lowest BCUT2D eigenvalue weighted by Gasteiger charge is -2.12. The third-order valence-electron chi connectivity index (χ3n) is 3.52. The van der Waals surface area contributed by atoms with Crippen molar-refractivity contribution >= 4 is 21.6 Å². The Hall–Kier alpha value is -2.65. The van der Waals surface area contributed by atoms with Crippen molar-refractivity contribution in [3.63, 3.8) is 0 Å². The van der Waals surface area contributed by atoms with E-state index in [4.69, 9.17) is 0 Å². The zero-order valence-electron chi connectivity index (χ0n) is 14.3. The second-order valence-corrected chi connectivity index (χ2v) is 7.73. The van der Waals surface area contributed by atoms with Crippen LogP contribution in [0.15, 0.2) is 52.5 Å². The molecule has 1 amide bonds. The lowest BCUT2D eigenvalue weighted by molar-refractivity contribution is 0.0954. The Bertz CT molecular complexity index is 973. The van der Waals surface area contributed by atoms with Gasteiger partial charge >= 0.3 is 0 Å². The van der Waals surface area contributed by atoms with Gasteiger partial charge in [-0.25, -0.2) is 26.9 Å². The lowest BCUT2D eigenvalue weighted by atomic mass is 10.1. The molecule has 0 heterocycles. The average molecular weight is 381 g/mol. The molecule has 0 saturated carbocycles. The predicted molar refractivity (Wildman–Crippen MR) is 93.4 cm³/mol. The topological polar surface area (TPSA) is 78.8 Å². The highest BCUT2D eigenvalue weighted by Crippen LogP contribution is 2.15. The quantitative estimate of drug-likeness (QED) is 0.638. The maximum atomic E-state index is 13.7. The maximum absolute atomic E-state index is 13.7. The Morgan fingerprint density at radius 2 is 1.81 bits per heavy atom. The summed E-state index contributed by atoms with van der Waals surface area (Å²) < 4.78 is 52.2. The Labute approximate surface area is 150 Å². The van der Waals surface area contributed by atoms with Gasteiger partial charge in [-0.1, -0.05) is 6.07 Å². The Kier molecular flexibility index (Phi) is 5.83. The highest BCUT2D eigenvalue weighted by molar-refractivity contribution is 7.89. The molecular weight excluding hydrogens is 364 g/mol. The first-order valence-electron chi connectivity index (χ1n) is 7.45. The first-order valence-corrected chi connectivity index (χ1v) is 8.89. The first kappa shape index (κ1) is 19.7. The second-order valence-electron chi connectivity index (χ2n) is 5.58. The van der Waals surface area contributed by atoms with Gasteiger partial charge in [-0.15, -0.1) is 0 Å². The van der Waals surface area contributed by atoms with Crippen molar-refractivity contribution in [2.75, 3.05) is 14.1 Å². The van der Waals surface area contributed by atoms with Crippen LogP contribution >= 0.6 is 0 Å². The zero-order valence-corrected chi connectivity index (χ0v) is 15.1. The van der Waals surface area contributed by atoms with E-state index in [0.29, 0.717) is 0 Å². The molecule has 26 heavy (non-hydrogen) atoms. The summed E-state index contributed by atoms with van der Waals surface area (Å²) in [5.41, 5.74) is 2.24. The van der Waals surface area contributed by atoms with Crippen molar-refractivity contribution < 1.29 is 22.0 Å². The molecule has 0 radical (unpaired) electrons. The van der Waals surface area contributed by atoms with Crippen molar-refractivity contribution in [3.05, 3.63) is 65.2 Å². The Morgan fingerprint density at radius 1 is 1.12 bits per heavy atom. The molecule has 0 saturated heterocycles. The average Bonchev–Trinajstić information content (AvgIpc) is 2.61. The molecule has 0 aliphatic carbocycles. The minimum absolute atomic E-state index is 0.0490. The van der Waals surface area contributed by atoms with Crippen LogP contribution in [0.4, 0.5) is 8.78 Å². The normalized spacial score (nSPS) is 12.3. The van der Waals surface area contributed by atoms with Crippen molar-refractivity contribution in [2.24, 2.45) is 5.10 Å². The summed E-state index contributed by atoms with van der Waals surface area (Å²) in [5.74, 6) is -2.00. The largest absolute Gasteiger partial charge is 0.271 e. The number of carbonyl (C=O) groups excluding carboxylic acids is 1. The molecule has 0 aliphatic heterocycles. The van der Waals surface area contributed by atoms with Crippen molar-refractivity contribution in [3.8, 4) is 0 Å². The number of hydrogen-bond acceptors (Lipinski definition) is 4. The number of carbonyl (C=O) groups is 1. The fraction of sp³-hybridized carbons (Fsp3) is 0.176. The van der Waals surface area contributed by atoms with E-state index in [9.17, 15) is 22.0 Å². The smallest absolute Gasteiger partial charge is 0.267 e. The number of amides is 1. The summed E-state index contributed by atoms with van der Waals surface area (Å²) in [6.07, 6.45) is 0. The fourth-order valence-electron chi connectivity index (χ4n) is 2.04. The number of benzene rings is 2. The van der Waals surface area contributed by atoms with Gasteiger partial charge in [-0.05, 0) is 43.3 Å². The highest BCUT2D eigenvalue weighted by atomic mass is 32.2. The van der Waals surface area contributed by atoms with Crippen LogP contribution in [0.25, 0.3) is 0 Å². The number of nitrogens with zero attached hydrogens (tertiary/aromatic N) is 2. The van der Waals surface area contributed by atoms with Crippen LogP contribution in [0.2, 0.25) is 0 Å². The van der Waals surface area contributed by atoms with Gasteiger partial charge < -0.3 is 0 Å². The van der Waals surface area contributed by atoms with Crippen LogP contribution < -0.4 is 5.43 Å². The zero-order chi connectivity index (χ0) is 19.5. The molecule has 2 aromatic carbocycles. The van der Waals surface area contributed by atoms with Crippen LogP contribution in [-0.2, 0) is 10.0 Å². The van der Waals surface area contributed by atoms with E-state index >= 15 is 0 Å². The molecule has 9 heteroatoms. The third-order valence-corrected chi connectivity index (χ3v) is 5.33. The van der Waals surface area contributed by atoms with Gasteiger partial charge in [0, 0.05) is 25.2 Å². The molecule has 0 spiro atoms.